The monoisotopic (exact) mass is 285 g/mol. The van der Waals surface area contributed by atoms with Crippen molar-refractivity contribution < 1.29 is 17.6 Å². The van der Waals surface area contributed by atoms with Crippen LogP contribution in [0.1, 0.15) is 6.92 Å². The second-order valence-corrected chi connectivity index (χ2v) is 6.12. The van der Waals surface area contributed by atoms with Gasteiger partial charge in [0.1, 0.15) is 11.7 Å². The fourth-order valence-corrected chi connectivity index (χ4v) is 2.99. The summed E-state index contributed by atoms with van der Waals surface area (Å²) in [5.41, 5.74) is 2.80. The van der Waals surface area contributed by atoms with Gasteiger partial charge >= 0.3 is 6.03 Å². The minimum Gasteiger partial charge on any atom is -0.303 e. The summed E-state index contributed by atoms with van der Waals surface area (Å²) in [6.45, 7) is 1.79. The van der Waals surface area contributed by atoms with E-state index in [4.69, 9.17) is 0 Å². The molecule has 0 saturated carbocycles. The summed E-state index contributed by atoms with van der Waals surface area (Å²) in [5.74, 6) is -1.16. The molecule has 0 aliphatic carbocycles. The average Bonchev–Trinajstić information content (AvgIpc) is 2.33. The van der Waals surface area contributed by atoms with Gasteiger partial charge in [-0.1, -0.05) is 6.07 Å². The predicted molar refractivity (Wildman–Crippen MR) is 66.8 cm³/mol. The minimum atomic E-state index is -3.77. The molecule has 0 fully saturated rings. The maximum absolute atomic E-state index is 13.0. The quantitative estimate of drug-likeness (QED) is 0.898. The number of hydrogen-bond acceptors (Lipinski definition) is 4. The van der Waals surface area contributed by atoms with Gasteiger partial charge in [-0.25, -0.2) is 23.0 Å². The molecule has 6 nitrogen and oxygen atoms in total. The molecule has 0 radical (unpaired) electrons. The smallest absolute Gasteiger partial charge is 0.303 e. The van der Waals surface area contributed by atoms with Gasteiger partial charge in [0.05, 0.1) is 17.2 Å². The summed E-state index contributed by atoms with van der Waals surface area (Å²) >= 11 is 0. The van der Waals surface area contributed by atoms with E-state index in [-0.39, 0.29) is 11.4 Å². The van der Waals surface area contributed by atoms with Crippen LogP contribution in [0.25, 0.3) is 0 Å². The van der Waals surface area contributed by atoms with E-state index in [0.717, 1.165) is 17.0 Å². The highest BCUT2D eigenvalue weighted by molar-refractivity contribution is 7.91. The Bertz CT molecular complexity index is 642. The zero-order valence-electron chi connectivity index (χ0n) is 10.1. The van der Waals surface area contributed by atoms with Crippen LogP contribution in [-0.4, -0.2) is 37.5 Å². The number of halogens is 1. The van der Waals surface area contributed by atoms with Gasteiger partial charge in [0.2, 0.25) is 0 Å². The van der Waals surface area contributed by atoms with E-state index in [9.17, 15) is 17.6 Å². The van der Waals surface area contributed by atoms with Crippen LogP contribution in [0.5, 0.6) is 0 Å². The second kappa shape index (κ2) is 4.96. The first-order valence-electron chi connectivity index (χ1n) is 5.45. The Morgan fingerprint density at radius 1 is 1.47 bits per heavy atom. The lowest BCUT2D eigenvalue weighted by Crippen LogP contribution is -2.47. The fraction of sp³-hybridized carbons (Fsp3) is 0.273. The van der Waals surface area contributed by atoms with Gasteiger partial charge in [-0.2, -0.15) is 5.10 Å². The number of benzene rings is 1. The van der Waals surface area contributed by atoms with Crippen LogP contribution in [0.3, 0.4) is 0 Å². The summed E-state index contributed by atoms with van der Waals surface area (Å²) in [6.07, 6.45) is 0. The number of hydrogen-bond donors (Lipinski definition) is 1. The minimum absolute atomic E-state index is 0.125. The van der Waals surface area contributed by atoms with E-state index in [0.29, 0.717) is 5.71 Å². The second-order valence-electron chi connectivity index (χ2n) is 4.16. The summed E-state index contributed by atoms with van der Waals surface area (Å²) in [4.78, 5) is 12.4. The van der Waals surface area contributed by atoms with E-state index in [1.807, 2.05) is 0 Å². The molecule has 102 valence electrons. The Hall–Kier alpha value is -1.96. The number of nitrogens with one attached hydrogen (secondary N) is 1. The molecule has 2 amide bonds. The van der Waals surface area contributed by atoms with E-state index in [2.05, 4.69) is 10.5 Å². The van der Waals surface area contributed by atoms with Crippen molar-refractivity contribution in [2.24, 2.45) is 5.10 Å². The molecule has 0 unspecified atom stereocenters. The molecule has 0 bridgehead atoms. The number of amides is 2. The van der Waals surface area contributed by atoms with Crippen LogP contribution >= 0.6 is 0 Å². The summed E-state index contributed by atoms with van der Waals surface area (Å²) in [7, 11) is -3.77. The van der Waals surface area contributed by atoms with Gasteiger partial charge in [-0.05, 0) is 25.1 Å². The largest absolute Gasteiger partial charge is 0.339 e. The lowest BCUT2D eigenvalue weighted by atomic mass is 10.4. The van der Waals surface area contributed by atoms with Crippen molar-refractivity contribution in [1.82, 2.24) is 10.3 Å². The van der Waals surface area contributed by atoms with Crippen LogP contribution in [0.15, 0.2) is 34.3 Å². The maximum Gasteiger partial charge on any atom is 0.339 e. The Morgan fingerprint density at radius 3 is 2.89 bits per heavy atom. The molecule has 0 aromatic heterocycles. The third-order valence-corrected chi connectivity index (χ3v) is 4.15. The van der Waals surface area contributed by atoms with E-state index in [1.54, 1.807) is 6.92 Å². The predicted octanol–water partition coefficient (Wildman–Crippen LogP) is 0.958. The molecule has 0 atom stereocenters. The van der Waals surface area contributed by atoms with Crippen LogP contribution in [-0.2, 0) is 9.84 Å². The van der Waals surface area contributed by atoms with Gasteiger partial charge < -0.3 is 4.90 Å². The van der Waals surface area contributed by atoms with Crippen molar-refractivity contribution in [3.8, 4) is 0 Å². The Labute approximate surface area is 109 Å². The van der Waals surface area contributed by atoms with Crippen molar-refractivity contribution in [3.05, 3.63) is 30.1 Å². The number of hydrazone groups is 1. The molecule has 0 spiro atoms. The molecule has 2 rings (SSSR count). The summed E-state index contributed by atoms with van der Waals surface area (Å²) in [5, 5.41) is 3.70. The zero-order valence-corrected chi connectivity index (χ0v) is 10.9. The van der Waals surface area contributed by atoms with E-state index < -0.39 is 27.6 Å². The van der Waals surface area contributed by atoms with Gasteiger partial charge in [-0.3, -0.25) is 0 Å². The zero-order chi connectivity index (χ0) is 14.0. The molecule has 1 N–H and O–H groups in total. The van der Waals surface area contributed by atoms with Gasteiger partial charge in [0, 0.05) is 0 Å². The van der Waals surface area contributed by atoms with Crippen molar-refractivity contribution >= 4 is 21.6 Å². The van der Waals surface area contributed by atoms with Crippen molar-refractivity contribution in [1.29, 1.82) is 0 Å². The van der Waals surface area contributed by atoms with Crippen molar-refractivity contribution in [2.75, 3.05) is 12.4 Å². The van der Waals surface area contributed by atoms with E-state index in [1.165, 1.54) is 12.1 Å². The topological polar surface area (TPSA) is 78.8 Å². The van der Waals surface area contributed by atoms with Crippen LogP contribution < -0.4 is 5.43 Å². The third-order valence-electron chi connectivity index (χ3n) is 2.53. The van der Waals surface area contributed by atoms with Gasteiger partial charge in [0.25, 0.3) is 0 Å². The number of nitrogens with zero attached hydrogens (tertiary/aromatic N) is 2. The highest BCUT2D eigenvalue weighted by Crippen LogP contribution is 2.14. The van der Waals surface area contributed by atoms with Crippen LogP contribution in [0.2, 0.25) is 0 Å². The highest BCUT2D eigenvalue weighted by atomic mass is 32.2. The number of rotatable bonds is 3. The number of carbonyl (C=O) groups excluding carboxylic acids is 1. The lowest BCUT2D eigenvalue weighted by Gasteiger charge is -2.25. The number of sulfone groups is 1. The Balaban J connectivity index is 2.22. The first-order chi connectivity index (χ1) is 8.88. The first kappa shape index (κ1) is 13.5. The molecule has 1 aliphatic rings. The molecule has 1 aromatic carbocycles. The SMILES string of the molecule is CC1=NNC(=O)N(CS(=O)(=O)c2cccc(F)c2)C1. The molecule has 1 heterocycles. The normalized spacial score (nSPS) is 16.0. The Morgan fingerprint density at radius 2 is 2.21 bits per heavy atom. The first-order valence-corrected chi connectivity index (χ1v) is 7.10. The highest BCUT2D eigenvalue weighted by Gasteiger charge is 2.26. The van der Waals surface area contributed by atoms with Crippen LogP contribution in [0, 0.1) is 5.82 Å². The molecule has 0 saturated heterocycles. The van der Waals surface area contributed by atoms with Crippen molar-refractivity contribution in [3.63, 3.8) is 0 Å². The van der Waals surface area contributed by atoms with E-state index >= 15 is 0 Å². The average molecular weight is 285 g/mol. The summed E-state index contributed by atoms with van der Waals surface area (Å²) < 4.78 is 37.2. The van der Waals surface area contributed by atoms with Gasteiger partial charge in [-0.15, -0.1) is 0 Å². The summed E-state index contributed by atoms with van der Waals surface area (Å²) in [6, 6.07) is 4.10. The molecule has 1 aliphatic heterocycles. The lowest BCUT2D eigenvalue weighted by molar-refractivity contribution is 0.209. The fourth-order valence-electron chi connectivity index (χ4n) is 1.64. The maximum atomic E-state index is 13.0. The molecule has 19 heavy (non-hydrogen) atoms. The van der Waals surface area contributed by atoms with Crippen LogP contribution in [0.4, 0.5) is 9.18 Å². The number of carbonyl (C=O) groups is 1. The standard InChI is InChI=1S/C11H12FN3O3S/c1-8-6-15(11(16)14-13-8)7-19(17,18)10-4-2-3-9(12)5-10/h2-5H,6-7H2,1H3,(H,14,16). The van der Waals surface area contributed by atoms with Crippen molar-refractivity contribution in [2.45, 2.75) is 11.8 Å². The Kier molecular flexibility index (Phi) is 3.52. The molecular weight excluding hydrogens is 273 g/mol. The van der Waals surface area contributed by atoms with Gasteiger partial charge in [0.15, 0.2) is 9.84 Å². The molecule has 8 heteroatoms. The number of urea groups is 1. The molecular formula is C11H12FN3O3S. The third kappa shape index (κ3) is 3.08. The molecule has 1 aromatic rings.